The molecule has 11 rings (SSSR count). The summed E-state index contributed by atoms with van der Waals surface area (Å²) in [5.74, 6) is -0.209. The van der Waals surface area contributed by atoms with Crippen LogP contribution in [0.4, 0.5) is 0 Å². The molecule has 510 valence electrons. The highest BCUT2D eigenvalue weighted by atomic mass is 32.2. The average Bonchev–Trinajstić information content (AvgIpc) is 1.58. The summed E-state index contributed by atoms with van der Waals surface area (Å²) in [4.78, 5) is 84.4. The van der Waals surface area contributed by atoms with Gasteiger partial charge in [0.2, 0.25) is 0 Å². The number of hydrogen-bond acceptors (Lipinski definition) is 19. The van der Waals surface area contributed by atoms with Crippen LogP contribution < -0.4 is 0 Å². The van der Waals surface area contributed by atoms with Gasteiger partial charge in [-0.1, -0.05) is 69.2 Å². The number of nitrogens with zero attached hydrogens (tertiary/aromatic N) is 1. The van der Waals surface area contributed by atoms with E-state index >= 15 is 0 Å². The van der Waals surface area contributed by atoms with Gasteiger partial charge >= 0.3 is 41.8 Å². The van der Waals surface area contributed by atoms with Crippen LogP contribution in [0.3, 0.4) is 0 Å². The Balaban J connectivity index is 0.000000160. The third-order valence-electron chi connectivity index (χ3n) is 23.7. The highest BCUT2D eigenvalue weighted by Gasteiger charge is 2.73. The van der Waals surface area contributed by atoms with Gasteiger partial charge in [-0.2, -0.15) is 13.7 Å². The predicted molar refractivity (Wildman–Crippen MR) is 333 cm³/mol. The number of esters is 7. The molecule has 0 aromatic heterocycles. The van der Waals surface area contributed by atoms with Gasteiger partial charge in [0, 0.05) is 29.1 Å². The molecule has 11 fully saturated rings. The minimum atomic E-state index is -3.56. The molecule has 15 atom stereocenters. The summed E-state index contributed by atoms with van der Waals surface area (Å²) in [6.07, 6.45) is 12.7. The molecule has 5 saturated heterocycles. The summed E-state index contributed by atoms with van der Waals surface area (Å²) < 4.78 is 73.4. The molecule has 20 heteroatoms. The standard InChI is InChI=1S/C15H19NO4.C15H28O2.C14H20O4.C14H26O2.C12H18O6S/c1-4-14(2,3)12(17)19-10-8-5-9-11(10)20-13(18)15(9,6-8)7-16;1-7-14(5,6)12(16)17-15(13(2,3)4)10-8-9-11-15;1-4-14(2,3)13(16)18-10-7-5-8-9(6-7)12(15)17-11(8)10;1-6-13(4,5)12(15)16-14(11(2)3)9-7-8-10-14;1-4-12(2,3)11(13)17-8-6-5-7-9(16-6)10(8)18-19(7,14)15/h8-11H,4-6H2,1-3H3;7-11H2,1-6H3;7-11H,4-6H2,1-3H3;11H,6-10H2,1-5H3;6-10H,4-5H2,1-3H3. The Morgan fingerprint density at radius 1 is 0.567 bits per heavy atom. The van der Waals surface area contributed by atoms with Crippen molar-refractivity contribution in [3.8, 4) is 6.07 Å². The molecule has 19 nitrogen and oxygen atoms in total. The van der Waals surface area contributed by atoms with Gasteiger partial charge < -0.3 is 37.9 Å². The van der Waals surface area contributed by atoms with Crippen molar-refractivity contribution in [2.24, 2.45) is 73.4 Å². The Hall–Kier alpha value is -4.35. The number of ether oxygens (including phenoxy) is 8. The van der Waals surface area contributed by atoms with E-state index in [2.05, 4.69) is 40.7 Å². The molecule has 0 amide bonds. The zero-order chi connectivity index (χ0) is 67.5. The number of rotatable bonds is 16. The van der Waals surface area contributed by atoms with Crippen LogP contribution in [0.5, 0.6) is 0 Å². The third kappa shape index (κ3) is 13.9. The monoisotopic (exact) mass is 1290 g/mol. The fourth-order valence-electron chi connectivity index (χ4n) is 14.7. The number of carbonyl (C=O) groups excluding carboxylic acids is 7. The van der Waals surface area contributed by atoms with Crippen LogP contribution in [0.25, 0.3) is 0 Å². The van der Waals surface area contributed by atoms with Crippen LogP contribution in [0.15, 0.2) is 0 Å². The van der Waals surface area contributed by atoms with Gasteiger partial charge in [0.05, 0.1) is 45.2 Å². The van der Waals surface area contributed by atoms with Crippen molar-refractivity contribution in [2.45, 2.75) is 319 Å². The van der Waals surface area contributed by atoms with Gasteiger partial charge in [-0.15, -0.1) is 0 Å². The lowest BCUT2D eigenvalue weighted by Crippen LogP contribution is -2.47. The van der Waals surface area contributed by atoms with Crippen LogP contribution in [0.2, 0.25) is 0 Å². The fraction of sp³-hybridized carbons (Fsp3) is 0.886. The molecule has 0 aromatic rings. The van der Waals surface area contributed by atoms with E-state index in [0.717, 1.165) is 64.2 Å². The van der Waals surface area contributed by atoms with E-state index in [1.807, 2.05) is 90.0 Å². The minimum Gasteiger partial charge on any atom is -0.458 e. The lowest BCUT2D eigenvalue weighted by molar-refractivity contribution is -0.183. The van der Waals surface area contributed by atoms with Crippen LogP contribution in [0.1, 0.15) is 254 Å². The molecule has 0 spiro atoms. The molecule has 6 aliphatic carbocycles. The average molecular weight is 1290 g/mol. The number of nitriles is 1. The zero-order valence-corrected chi connectivity index (χ0v) is 58.9. The molecule has 6 saturated carbocycles. The molecule has 5 heterocycles. The second-order valence-corrected chi connectivity index (χ2v) is 34.4. The Bertz CT molecular complexity index is 2830. The molecule has 0 radical (unpaired) electrons. The van der Waals surface area contributed by atoms with Crippen molar-refractivity contribution >= 4 is 51.9 Å². The topological polar surface area (TPSA) is 260 Å². The Labute approximate surface area is 537 Å². The predicted octanol–water partition coefficient (Wildman–Crippen LogP) is 12.6. The molecule has 11 aliphatic rings. The lowest BCUT2D eigenvalue weighted by atomic mass is 9.74. The first-order valence-corrected chi connectivity index (χ1v) is 35.5. The maximum absolute atomic E-state index is 12.3. The van der Waals surface area contributed by atoms with E-state index < -0.39 is 67.4 Å². The minimum absolute atomic E-state index is 0.0226. The van der Waals surface area contributed by atoms with Crippen molar-refractivity contribution in [3.05, 3.63) is 0 Å². The van der Waals surface area contributed by atoms with Gasteiger partial charge in [-0.3, -0.25) is 37.7 Å². The van der Waals surface area contributed by atoms with Crippen LogP contribution in [-0.4, -0.2) is 115 Å². The highest BCUT2D eigenvalue weighted by molar-refractivity contribution is 7.87. The Morgan fingerprint density at radius 2 is 1.02 bits per heavy atom. The fourth-order valence-corrected chi connectivity index (χ4v) is 16.3. The molecule has 0 aromatic carbocycles. The van der Waals surface area contributed by atoms with Gasteiger partial charge in [0.25, 0.3) is 10.1 Å². The van der Waals surface area contributed by atoms with Gasteiger partial charge in [0.15, 0.2) is 11.5 Å². The quantitative estimate of drug-likeness (QED) is 0.0790. The summed E-state index contributed by atoms with van der Waals surface area (Å²) in [6.45, 7) is 39.8. The van der Waals surface area contributed by atoms with Crippen LogP contribution in [-0.2, 0) is 85.8 Å². The number of fused-ring (bicyclic) bond motifs is 3. The molecule has 90 heavy (non-hydrogen) atoms. The van der Waals surface area contributed by atoms with Crippen LogP contribution in [0, 0.1) is 84.7 Å². The van der Waals surface area contributed by atoms with E-state index in [-0.39, 0.29) is 105 Å². The normalized spacial score (nSPS) is 33.8. The van der Waals surface area contributed by atoms with E-state index in [1.165, 1.54) is 25.7 Å². The first kappa shape index (κ1) is 73.1. The van der Waals surface area contributed by atoms with Crippen molar-refractivity contribution in [1.29, 1.82) is 5.26 Å². The van der Waals surface area contributed by atoms with Crippen LogP contribution >= 0.6 is 0 Å². The van der Waals surface area contributed by atoms with Crippen molar-refractivity contribution in [3.63, 3.8) is 0 Å². The van der Waals surface area contributed by atoms with Gasteiger partial charge in [-0.05, 0) is 191 Å². The first-order chi connectivity index (χ1) is 41.5. The summed E-state index contributed by atoms with van der Waals surface area (Å²) in [6, 6.07) is 2.15. The molecule has 5 aliphatic heterocycles. The number of hydrogen-bond donors (Lipinski definition) is 0. The van der Waals surface area contributed by atoms with Crippen molar-refractivity contribution in [1.82, 2.24) is 0 Å². The summed E-state index contributed by atoms with van der Waals surface area (Å²) in [5, 5.41) is 8.73. The molecular formula is C70H111NO18S. The molecule has 15 unspecified atom stereocenters. The molecule has 0 N–H and O–H groups in total. The third-order valence-corrected chi connectivity index (χ3v) is 25.4. The number of carbonyl (C=O) groups is 7. The first-order valence-electron chi connectivity index (χ1n) is 34.0. The molecule has 6 bridgehead atoms. The molecular weight excluding hydrogens is 1170 g/mol. The van der Waals surface area contributed by atoms with E-state index in [4.69, 9.17) is 42.1 Å². The Morgan fingerprint density at radius 3 is 1.49 bits per heavy atom. The second kappa shape index (κ2) is 26.4. The van der Waals surface area contributed by atoms with Crippen molar-refractivity contribution in [2.75, 3.05) is 0 Å². The summed E-state index contributed by atoms with van der Waals surface area (Å²) >= 11 is 0. The van der Waals surface area contributed by atoms with E-state index in [1.54, 1.807) is 13.8 Å². The largest absolute Gasteiger partial charge is 0.458 e. The van der Waals surface area contributed by atoms with E-state index in [9.17, 15) is 47.2 Å². The summed E-state index contributed by atoms with van der Waals surface area (Å²) in [7, 11) is -3.56. The zero-order valence-electron chi connectivity index (χ0n) is 58.1. The van der Waals surface area contributed by atoms with Gasteiger partial charge in [-0.25, -0.2) is 0 Å². The Kier molecular flexibility index (Phi) is 21.5. The van der Waals surface area contributed by atoms with Crippen molar-refractivity contribution < 1.29 is 84.1 Å². The smallest absolute Gasteiger partial charge is 0.327 e. The van der Waals surface area contributed by atoms with Gasteiger partial charge in [0.1, 0.15) is 53.1 Å². The maximum atomic E-state index is 12.3. The summed E-state index contributed by atoms with van der Waals surface area (Å²) in [5.41, 5.74) is -3.63. The highest BCUT2D eigenvalue weighted by Crippen LogP contribution is 2.63. The SMILES string of the molecule is CCC(C)(C)C(=O)OC1(C(C)(C)C)CCCC1.CCC(C)(C)C(=O)OC1(C(C)C)CCCC1.CCC(C)(C)C(=O)OC1C2CC3C(=O)OC1C3C2.CCC(C)(C)C(=O)OC1C2CC3C(O2)C1OS3(=O)=O.CCC(C)(C)C(=O)OC1C2CC3C1OC(=O)C3(C#N)C2. The maximum Gasteiger partial charge on any atom is 0.327 e. The van der Waals surface area contributed by atoms with E-state index in [0.29, 0.717) is 43.4 Å². The lowest BCUT2D eigenvalue weighted by Gasteiger charge is -2.42. The second-order valence-electron chi connectivity index (χ2n) is 32.6.